The summed E-state index contributed by atoms with van der Waals surface area (Å²) in [5, 5.41) is 0. The minimum Gasteiger partial charge on any atom is -0.299 e. The third-order valence-electron chi connectivity index (χ3n) is 2.98. The Morgan fingerprint density at radius 2 is 1.40 bits per heavy atom. The quantitative estimate of drug-likeness (QED) is 0.378. The summed E-state index contributed by atoms with van der Waals surface area (Å²) in [7, 11) is 0. The van der Waals surface area contributed by atoms with Crippen molar-refractivity contribution in [2.75, 3.05) is 11.5 Å². The lowest BCUT2D eigenvalue weighted by molar-refractivity contribution is -0.114. The fraction of sp³-hybridized carbons (Fsp3) is 0.611. The maximum absolute atomic E-state index is 10.8. The molecule has 0 amide bonds. The van der Waals surface area contributed by atoms with Crippen molar-refractivity contribution in [2.24, 2.45) is 0 Å². The molecule has 0 fully saturated rings. The zero-order valence-electron chi connectivity index (χ0n) is 13.8. The predicted molar refractivity (Wildman–Crippen MR) is 93.4 cm³/mol. The zero-order valence-corrected chi connectivity index (χ0v) is 14.6. The molecule has 0 saturated carbocycles. The Labute approximate surface area is 129 Å². The van der Waals surface area contributed by atoms with Crippen LogP contribution < -0.4 is 0 Å². The van der Waals surface area contributed by atoms with E-state index in [0.29, 0.717) is 5.75 Å². The molecule has 0 aromatic carbocycles. The van der Waals surface area contributed by atoms with E-state index in [1.54, 1.807) is 18.7 Å². The number of ketones is 1. The van der Waals surface area contributed by atoms with Gasteiger partial charge in [-0.3, -0.25) is 4.79 Å². The minimum absolute atomic E-state index is 0.260. The normalized spacial score (nSPS) is 12.4. The highest BCUT2D eigenvalue weighted by Crippen LogP contribution is 2.12. The molecule has 0 bridgehead atoms. The number of hydrogen-bond donors (Lipinski definition) is 0. The molecule has 0 unspecified atom stereocenters. The van der Waals surface area contributed by atoms with Gasteiger partial charge in [-0.15, -0.1) is 11.8 Å². The minimum atomic E-state index is 0.260. The van der Waals surface area contributed by atoms with Crippen LogP contribution in [-0.4, -0.2) is 17.3 Å². The van der Waals surface area contributed by atoms with E-state index >= 15 is 0 Å². The average molecular weight is 295 g/mol. The fourth-order valence-corrected chi connectivity index (χ4v) is 2.55. The van der Waals surface area contributed by atoms with Gasteiger partial charge in [-0.25, -0.2) is 0 Å². The molecule has 1 nitrogen and oxygen atoms in total. The highest BCUT2D eigenvalue weighted by molar-refractivity contribution is 8.00. The Balaban J connectivity index is 3.82. The van der Waals surface area contributed by atoms with Crippen LogP contribution >= 0.6 is 11.8 Å². The van der Waals surface area contributed by atoms with E-state index in [0.717, 1.165) is 25.0 Å². The van der Waals surface area contributed by atoms with Gasteiger partial charge in [0.1, 0.15) is 5.78 Å². The van der Waals surface area contributed by atoms with Gasteiger partial charge in [0, 0.05) is 5.75 Å². The summed E-state index contributed by atoms with van der Waals surface area (Å²) < 4.78 is 0. The molecule has 0 heterocycles. The Hall–Kier alpha value is -0.760. The molecule has 0 N–H and O–H groups in total. The van der Waals surface area contributed by atoms with Gasteiger partial charge in [0.2, 0.25) is 0 Å². The van der Waals surface area contributed by atoms with Crippen LogP contribution in [0.3, 0.4) is 0 Å². The third-order valence-corrected chi connectivity index (χ3v) is 3.99. The maximum atomic E-state index is 10.8. The van der Waals surface area contributed by atoms with Crippen molar-refractivity contribution in [3.05, 3.63) is 34.9 Å². The van der Waals surface area contributed by atoms with Gasteiger partial charge in [0.05, 0.1) is 5.75 Å². The molecule has 0 aliphatic rings. The molecule has 0 radical (unpaired) electrons. The Bertz CT molecular complexity index is 371. The van der Waals surface area contributed by atoms with Gasteiger partial charge in [-0.05, 0) is 60.3 Å². The smallest absolute Gasteiger partial charge is 0.139 e. The summed E-state index contributed by atoms with van der Waals surface area (Å²) in [6.07, 6.45) is 11.5. The van der Waals surface area contributed by atoms with Crippen molar-refractivity contribution >= 4 is 17.5 Å². The largest absolute Gasteiger partial charge is 0.299 e. The fourth-order valence-electron chi connectivity index (χ4n) is 1.74. The second-order valence-corrected chi connectivity index (χ2v) is 6.71. The lowest BCUT2D eigenvalue weighted by Crippen LogP contribution is -1.93. The topological polar surface area (TPSA) is 17.1 Å². The van der Waals surface area contributed by atoms with Gasteiger partial charge < -0.3 is 0 Å². The Kier molecular flexibility index (Phi) is 11.6. The molecule has 0 spiro atoms. The summed E-state index contributed by atoms with van der Waals surface area (Å²) in [6, 6.07) is 0. The van der Waals surface area contributed by atoms with Crippen molar-refractivity contribution < 1.29 is 4.79 Å². The summed E-state index contributed by atoms with van der Waals surface area (Å²) >= 11 is 1.70. The zero-order chi connectivity index (χ0) is 15.4. The monoisotopic (exact) mass is 294 g/mol. The van der Waals surface area contributed by atoms with E-state index in [1.807, 2.05) is 0 Å². The SMILES string of the molecule is CC(=O)CSC/C=C(\C)CC/C=C(\C)CCC=C(C)C. The van der Waals surface area contributed by atoms with Crippen LogP contribution in [-0.2, 0) is 4.79 Å². The van der Waals surface area contributed by atoms with Crippen LogP contribution in [0, 0.1) is 0 Å². The summed E-state index contributed by atoms with van der Waals surface area (Å²) in [4.78, 5) is 10.8. The van der Waals surface area contributed by atoms with Crippen LogP contribution in [0.2, 0.25) is 0 Å². The number of carbonyl (C=O) groups is 1. The van der Waals surface area contributed by atoms with Crippen molar-refractivity contribution in [2.45, 2.75) is 60.3 Å². The number of thioether (sulfide) groups is 1. The average Bonchev–Trinajstić information content (AvgIpc) is 2.34. The lowest BCUT2D eigenvalue weighted by Gasteiger charge is -2.01. The van der Waals surface area contributed by atoms with Crippen LogP contribution in [0.1, 0.15) is 60.3 Å². The first-order valence-electron chi connectivity index (χ1n) is 7.43. The lowest BCUT2D eigenvalue weighted by atomic mass is 10.1. The van der Waals surface area contributed by atoms with Crippen molar-refractivity contribution in [1.82, 2.24) is 0 Å². The number of Topliss-reactive ketones (excluding diaryl/α,β-unsaturated/α-hetero) is 1. The molecule has 20 heavy (non-hydrogen) atoms. The molecule has 0 atom stereocenters. The second-order valence-electron chi connectivity index (χ2n) is 5.68. The number of allylic oxidation sites excluding steroid dienone is 5. The molecule has 0 aromatic heterocycles. The van der Waals surface area contributed by atoms with Crippen molar-refractivity contribution in [1.29, 1.82) is 0 Å². The third kappa shape index (κ3) is 13.7. The van der Waals surface area contributed by atoms with Gasteiger partial charge in [-0.2, -0.15) is 0 Å². The summed E-state index contributed by atoms with van der Waals surface area (Å²) in [5.74, 6) is 1.85. The van der Waals surface area contributed by atoms with E-state index in [1.165, 1.54) is 23.1 Å². The van der Waals surface area contributed by atoms with Gasteiger partial charge in [0.15, 0.2) is 0 Å². The highest BCUT2D eigenvalue weighted by Gasteiger charge is 1.94. The van der Waals surface area contributed by atoms with Gasteiger partial charge in [-0.1, -0.05) is 34.9 Å². The molecule has 0 aromatic rings. The molecule has 0 aliphatic carbocycles. The van der Waals surface area contributed by atoms with E-state index in [-0.39, 0.29) is 5.78 Å². The maximum Gasteiger partial charge on any atom is 0.139 e. The molecular formula is C18H30OS. The number of rotatable bonds is 10. The van der Waals surface area contributed by atoms with Gasteiger partial charge >= 0.3 is 0 Å². The first-order valence-corrected chi connectivity index (χ1v) is 8.59. The second kappa shape index (κ2) is 12.0. The van der Waals surface area contributed by atoms with E-state index in [9.17, 15) is 4.79 Å². The highest BCUT2D eigenvalue weighted by atomic mass is 32.2. The van der Waals surface area contributed by atoms with E-state index < -0.39 is 0 Å². The molecule has 0 saturated heterocycles. The first-order chi connectivity index (χ1) is 9.41. The molecule has 2 heteroatoms. The summed E-state index contributed by atoms with van der Waals surface area (Å²) in [6.45, 7) is 10.3. The van der Waals surface area contributed by atoms with Gasteiger partial charge in [0.25, 0.3) is 0 Å². The molecular weight excluding hydrogens is 264 g/mol. The molecule has 0 rings (SSSR count). The number of hydrogen-bond acceptors (Lipinski definition) is 2. The van der Waals surface area contributed by atoms with Crippen LogP contribution in [0.25, 0.3) is 0 Å². The van der Waals surface area contributed by atoms with E-state index in [2.05, 4.69) is 45.9 Å². The Morgan fingerprint density at radius 1 is 0.850 bits per heavy atom. The molecule has 114 valence electrons. The van der Waals surface area contributed by atoms with E-state index in [4.69, 9.17) is 0 Å². The molecule has 0 aliphatic heterocycles. The van der Waals surface area contributed by atoms with Crippen molar-refractivity contribution in [3.8, 4) is 0 Å². The first kappa shape index (κ1) is 19.2. The van der Waals surface area contributed by atoms with Crippen LogP contribution in [0.4, 0.5) is 0 Å². The Morgan fingerprint density at radius 3 is 1.95 bits per heavy atom. The standard InChI is InChI=1S/C18H30OS/c1-15(2)8-6-9-16(3)10-7-11-17(4)12-13-20-14-18(5)19/h8,10,12H,6-7,9,11,13-14H2,1-5H3/b16-10+,17-12+. The summed E-state index contributed by atoms with van der Waals surface area (Å²) in [5.41, 5.74) is 4.32. The van der Waals surface area contributed by atoms with Crippen LogP contribution in [0.15, 0.2) is 34.9 Å². The van der Waals surface area contributed by atoms with Crippen LogP contribution in [0.5, 0.6) is 0 Å². The predicted octanol–water partition coefficient (Wildman–Crippen LogP) is 5.73. The van der Waals surface area contributed by atoms with Crippen molar-refractivity contribution in [3.63, 3.8) is 0 Å². The number of carbonyl (C=O) groups excluding carboxylic acids is 1.